The predicted octanol–water partition coefficient (Wildman–Crippen LogP) is 4.75. The lowest BCUT2D eigenvalue weighted by Gasteiger charge is -2.33. The lowest BCUT2D eigenvalue weighted by molar-refractivity contribution is 0.0473. The van der Waals surface area contributed by atoms with Crippen molar-refractivity contribution in [2.45, 2.75) is 25.9 Å². The number of aliphatic hydroxyl groups is 1. The van der Waals surface area contributed by atoms with Crippen LogP contribution in [0.4, 0.5) is 0 Å². The molecule has 1 N–H and O–H groups in total. The number of hydrogen-bond donors (Lipinski definition) is 1. The number of fused-ring (bicyclic) bond motifs is 1. The molecule has 0 saturated carbocycles. The quantitative estimate of drug-likeness (QED) is 0.329. The zero-order valence-electron chi connectivity index (χ0n) is 21.7. The van der Waals surface area contributed by atoms with Crippen molar-refractivity contribution in [1.82, 2.24) is 9.63 Å². The third kappa shape index (κ3) is 6.36. The highest BCUT2D eigenvalue weighted by Crippen LogP contribution is 2.29. The van der Waals surface area contributed by atoms with Crippen LogP contribution >= 0.6 is 0 Å². The molecule has 0 spiro atoms. The second-order valence-electron chi connectivity index (χ2n) is 9.85. The molecule has 0 bridgehead atoms. The summed E-state index contributed by atoms with van der Waals surface area (Å²) in [6.07, 6.45) is 1.49. The number of hydrogen-bond acceptors (Lipinski definition) is 6. The summed E-state index contributed by atoms with van der Waals surface area (Å²) < 4.78 is 13.5. The maximum absolute atomic E-state index is 12.6. The Morgan fingerprint density at radius 1 is 0.947 bits per heavy atom. The van der Waals surface area contributed by atoms with Crippen molar-refractivity contribution in [2.24, 2.45) is 5.92 Å². The smallest absolute Gasteiger partial charge is 0.363 e. The molecule has 1 aromatic heterocycles. The van der Waals surface area contributed by atoms with Gasteiger partial charge in [-0.1, -0.05) is 42.5 Å². The van der Waals surface area contributed by atoms with Crippen LogP contribution in [-0.4, -0.2) is 59.7 Å². The third-order valence-corrected chi connectivity index (χ3v) is 6.96. The van der Waals surface area contributed by atoms with Crippen LogP contribution in [0.3, 0.4) is 0 Å². The van der Waals surface area contributed by atoms with Crippen LogP contribution in [0, 0.1) is 12.8 Å². The monoisotopic (exact) mass is 514 g/mol. The third-order valence-electron chi connectivity index (χ3n) is 6.96. The second-order valence-corrected chi connectivity index (χ2v) is 9.85. The second kappa shape index (κ2) is 12.2. The molecular formula is C31H34N2O5. The summed E-state index contributed by atoms with van der Waals surface area (Å²) >= 11 is 0. The minimum absolute atomic E-state index is 0.185. The number of piperidine rings is 1. The number of rotatable bonds is 10. The van der Waals surface area contributed by atoms with Gasteiger partial charge in [0.15, 0.2) is 0 Å². The summed E-state index contributed by atoms with van der Waals surface area (Å²) in [5.74, 6) is 1.66. The zero-order valence-corrected chi connectivity index (χ0v) is 21.7. The van der Waals surface area contributed by atoms with E-state index in [-0.39, 0.29) is 6.61 Å². The summed E-state index contributed by atoms with van der Waals surface area (Å²) in [6.45, 7) is 5.23. The standard InChI is InChI=1S/C31H34N2O5/c1-23-19-28-29(33(23)38-31(35)25-9-4-2-5-10-25)13-8-14-30(28)37-22-26(34)20-32-17-15-24(16-18-32)21-36-27-11-6-3-7-12-27/h2-14,19,24,26,34H,15-18,20-22H2,1H3. The number of nitrogens with zero attached hydrogens (tertiary/aromatic N) is 2. The molecule has 1 unspecified atom stereocenters. The molecule has 0 amide bonds. The highest BCUT2D eigenvalue weighted by molar-refractivity contribution is 5.91. The number of carbonyl (C=O) groups is 1. The van der Waals surface area contributed by atoms with Gasteiger partial charge in [-0.2, -0.15) is 4.73 Å². The predicted molar refractivity (Wildman–Crippen MR) is 147 cm³/mol. The fraction of sp³-hybridized carbons (Fsp3) is 0.323. The van der Waals surface area contributed by atoms with E-state index in [1.54, 1.807) is 24.3 Å². The number of aryl methyl sites for hydroxylation is 1. The Labute approximate surface area is 223 Å². The molecule has 1 aliphatic heterocycles. The van der Waals surface area contributed by atoms with Crippen LogP contribution < -0.4 is 14.3 Å². The Morgan fingerprint density at radius 2 is 1.66 bits per heavy atom. The molecule has 1 aliphatic rings. The molecule has 38 heavy (non-hydrogen) atoms. The highest BCUT2D eigenvalue weighted by Gasteiger charge is 2.22. The Morgan fingerprint density at radius 3 is 2.39 bits per heavy atom. The van der Waals surface area contributed by atoms with Crippen LogP contribution in [-0.2, 0) is 0 Å². The lowest BCUT2D eigenvalue weighted by Crippen LogP contribution is -2.41. The number of ether oxygens (including phenoxy) is 2. The largest absolute Gasteiger partial charge is 0.493 e. The van der Waals surface area contributed by atoms with Crippen molar-refractivity contribution in [2.75, 3.05) is 32.8 Å². The SMILES string of the molecule is Cc1cc2c(OCC(O)CN3CCC(COc4ccccc4)CC3)cccc2n1OC(=O)c1ccccc1. The molecule has 1 saturated heterocycles. The van der Waals surface area contributed by atoms with Gasteiger partial charge in [0.1, 0.15) is 24.2 Å². The van der Waals surface area contributed by atoms with Gasteiger partial charge in [0.25, 0.3) is 0 Å². The maximum atomic E-state index is 12.6. The Kier molecular flexibility index (Phi) is 8.26. The number of likely N-dealkylation sites (tertiary alicyclic amines) is 1. The van der Waals surface area contributed by atoms with E-state index in [9.17, 15) is 9.90 Å². The molecule has 7 heteroatoms. The molecule has 7 nitrogen and oxygen atoms in total. The van der Waals surface area contributed by atoms with E-state index < -0.39 is 12.1 Å². The van der Waals surface area contributed by atoms with Crippen LogP contribution in [0.2, 0.25) is 0 Å². The van der Waals surface area contributed by atoms with Gasteiger partial charge < -0.3 is 24.3 Å². The van der Waals surface area contributed by atoms with E-state index in [0.29, 0.717) is 23.8 Å². The van der Waals surface area contributed by atoms with Gasteiger partial charge in [-0.15, -0.1) is 0 Å². The molecule has 5 rings (SSSR count). The summed E-state index contributed by atoms with van der Waals surface area (Å²) in [5.41, 5.74) is 2.00. The maximum Gasteiger partial charge on any atom is 0.363 e. The first kappa shape index (κ1) is 25.8. The van der Waals surface area contributed by atoms with Gasteiger partial charge in [0, 0.05) is 11.9 Å². The van der Waals surface area contributed by atoms with Crippen molar-refractivity contribution in [3.63, 3.8) is 0 Å². The molecule has 2 heterocycles. The number of aromatic nitrogens is 1. The van der Waals surface area contributed by atoms with Crippen molar-refractivity contribution in [3.8, 4) is 11.5 Å². The van der Waals surface area contributed by atoms with Crippen LogP contribution in [0.5, 0.6) is 11.5 Å². The fourth-order valence-corrected chi connectivity index (χ4v) is 4.87. The minimum Gasteiger partial charge on any atom is -0.493 e. The van der Waals surface area contributed by atoms with Gasteiger partial charge in [-0.3, -0.25) is 0 Å². The first-order valence-corrected chi connectivity index (χ1v) is 13.2. The van der Waals surface area contributed by atoms with Crippen molar-refractivity contribution < 1.29 is 24.2 Å². The van der Waals surface area contributed by atoms with Gasteiger partial charge in [-0.25, -0.2) is 4.79 Å². The summed E-state index contributed by atoms with van der Waals surface area (Å²) in [4.78, 5) is 20.6. The van der Waals surface area contributed by atoms with Crippen molar-refractivity contribution in [3.05, 3.63) is 96.2 Å². The van der Waals surface area contributed by atoms with Crippen LogP contribution in [0.15, 0.2) is 84.9 Å². The van der Waals surface area contributed by atoms with Crippen LogP contribution in [0.1, 0.15) is 28.9 Å². The topological polar surface area (TPSA) is 73.2 Å². The first-order chi connectivity index (χ1) is 18.6. The first-order valence-electron chi connectivity index (χ1n) is 13.2. The lowest BCUT2D eigenvalue weighted by atomic mass is 9.97. The number of β-amino-alcohol motifs (C(OH)–C–C–N with tert-alkyl or cyclic N) is 1. The minimum atomic E-state index is -0.610. The van der Waals surface area contributed by atoms with E-state index in [4.69, 9.17) is 14.3 Å². The zero-order chi connectivity index (χ0) is 26.3. The summed E-state index contributed by atoms with van der Waals surface area (Å²) in [5, 5.41) is 11.5. The van der Waals surface area contributed by atoms with Gasteiger partial charge in [0.05, 0.1) is 23.4 Å². The van der Waals surface area contributed by atoms with E-state index >= 15 is 0 Å². The molecule has 3 aromatic carbocycles. The van der Waals surface area contributed by atoms with Crippen molar-refractivity contribution >= 4 is 16.9 Å². The number of carbonyl (C=O) groups excluding carboxylic acids is 1. The number of para-hydroxylation sites is 1. The summed E-state index contributed by atoms with van der Waals surface area (Å²) in [6, 6.07) is 26.4. The average Bonchev–Trinajstić information content (AvgIpc) is 3.27. The van der Waals surface area contributed by atoms with Gasteiger partial charge in [-0.05, 0) is 81.2 Å². The normalized spacial score (nSPS) is 15.3. The van der Waals surface area contributed by atoms with E-state index in [1.807, 2.05) is 67.6 Å². The molecule has 4 aromatic rings. The highest BCUT2D eigenvalue weighted by atomic mass is 16.7. The molecule has 1 fully saturated rings. The number of aliphatic hydroxyl groups excluding tert-OH is 1. The van der Waals surface area contributed by atoms with E-state index in [0.717, 1.165) is 54.9 Å². The van der Waals surface area contributed by atoms with E-state index in [1.165, 1.54) is 4.73 Å². The Bertz CT molecular complexity index is 1330. The molecular weight excluding hydrogens is 480 g/mol. The Hall–Kier alpha value is -3.81. The van der Waals surface area contributed by atoms with Gasteiger partial charge >= 0.3 is 5.97 Å². The van der Waals surface area contributed by atoms with Crippen LogP contribution in [0.25, 0.3) is 10.9 Å². The molecule has 1 atom stereocenters. The molecule has 0 radical (unpaired) electrons. The van der Waals surface area contributed by atoms with Gasteiger partial charge in [0.2, 0.25) is 0 Å². The molecule has 198 valence electrons. The molecule has 0 aliphatic carbocycles. The fourth-order valence-electron chi connectivity index (χ4n) is 4.87. The Balaban J connectivity index is 1.12. The number of benzene rings is 3. The van der Waals surface area contributed by atoms with E-state index in [2.05, 4.69) is 4.90 Å². The average molecular weight is 515 g/mol. The summed E-state index contributed by atoms with van der Waals surface area (Å²) in [7, 11) is 0. The van der Waals surface area contributed by atoms with Crippen molar-refractivity contribution in [1.29, 1.82) is 0 Å².